The zero-order valence-corrected chi connectivity index (χ0v) is 14.0. The number of hydrogen-bond donors (Lipinski definition) is 0. The minimum Gasteiger partial charge on any atom is -0.278 e. The van der Waals surface area contributed by atoms with Crippen molar-refractivity contribution in [1.29, 1.82) is 0 Å². The lowest BCUT2D eigenvalue weighted by Crippen LogP contribution is -2.22. The lowest BCUT2D eigenvalue weighted by atomic mass is 10.2. The molecule has 0 aliphatic carbocycles. The summed E-state index contributed by atoms with van der Waals surface area (Å²) in [7, 11) is 1.47. The second-order valence-corrected chi connectivity index (χ2v) is 5.94. The Morgan fingerprint density at radius 2 is 1.70 bits per heavy atom. The molecule has 0 radical (unpaired) electrons. The van der Waals surface area contributed by atoms with E-state index in [-0.39, 0.29) is 26.5 Å². The lowest BCUT2D eigenvalue weighted by Gasteiger charge is -2.04. The molecule has 23 heavy (non-hydrogen) atoms. The summed E-state index contributed by atoms with van der Waals surface area (Å²) in [4.78, 5) is 12.4. The molecule has 0 N–H and O–H groups in total. The van der Waals surface area contributed by atoms with Crippen LogP contribution in [0.4, 0.5) is 4.39 Å². The van der Waals surface area contributed by atoms with Crippen molar-refractivity contribution >= 4 is 34.8 Å². The molecule has 3 aromatic rings. The smallest absolute Gasteiger partial charge is 0.278 e. The van der Waals surface area contributed by atoms with Crippen molar-refractivity contribution in [3.63, 3.8) is 0 Å². The zero-order chi connectivity index (χ0) is 16.7. The summed E-state index contributed by atoms with van der Waals surface area (Å²) in [5, 5.41) is 4.79. The highest BCUT2D eigenvalue weighted by Gasteiger charge is 2.20. The van der Waals surface area contributed by atoms with Gasteiger partial charge in [-0.2, -0.15) is 4.68 Å². The molecule has 0 amide bonds. The summed E-state index contributed by atoms with van der Waals surface area (Å²) < 4.78 is 16.4. The average Bonchev–Trinajstić information content (AvgIpc) is 2.79. The van der Waals surface area contributed by atoms with Crippen molar-refractivity contribution in [1.82, 2.24) is 14.3 Å². The summed E-state index contributed by atoms with van der Waals surface area (Å²) in [6.07, 6.45) is 0. The van der Waals surface area contributed by atoms with Gasteiger partial charge in [-0.25, -0.2) is 9.18 Å². The summed E-state index contributed by atoms with van der Waals surface area (Å²) >= 11 is 18.1. The molecule has 0 aliphatic heterocycles. The van der Waals surface area contributed by atoms with Crippen molar-refractivity contribution in [2.75, 3.05) is 0 Å². The maximum atomic E-state index is 14.1. The number of benzene rings is 2. The maximum Gasteiger partial charge on any atom is 0.350 e. The van der Waals surface area contributed by atoms with E-state index in [0.717, 1.165) is 4.68 Å². The van der Waals surface area contributed by atoms with Crippen molar-refractivity contribution in [2.24, 2.45) is 7.05 Å². The van der Waals surface area contributed by atoms with E-state index in [9.17, 15) is 9.18 Å². The summed E-state index contributed by atoms with van der Waals surface area (Å²) in [5.41, 5.74) is -0.146. The molecule has 0 atom stereocenters. The first kappa shape index (κ1) is 16.1. The van der Waals surface area contributed by atoms with Crippen LogP contribution in [-0.4, -0.2) is 14.3 Å². The Bertz CT molecular complexity index is 945. The Balaban J connectivity index is 2.29. The first-order valence-corrected chi connectivity index (χ1v) is 7.60. The SMILES string of the molecule is Cn1c(-c2c(F)cccc2Cl)nn(-c2cccc(Cl)c2Cl)c1=O. The molecule has 0 fully saturated rings. The number of hydrogen-bond acceptors (Lipinski definition) is 2. The van der Waals surface area contributed by atoms with Crippen LogP contribution >= 0.6 is 34.8 Å². The van der Waals surface area contributed by atoms with Gasteiger partial charge in [-0.15, -0.1) is 5.10 Å². The van der Waals surface area contributed by atoms with Gasteiger partial charge in [-0.3, -0.25) is 4.57 Å². The average molecular weight is 373 g/mol. The lowest BCUT2D eigenvalue weighted by molar-refractivity contribution is 0.628. The molecule has 0 unspecified atom stereocenters. The van der Waals surface area contributed by atoms with Gasteiger partial charge in [-0.1, -0.05) is 46.9 Å². The molecule has 8 heteroatoms. The molecular weight excluding hydrogens is 364 g/mol. The topological polar surface area (TPSA) is 39.8 Å². The van der Waals surface area contributed by atoms with Crippen molar-refractivity contribution < 1.29 is 4.39 Å². The van der Waals surface area contributed by atoms with Gasteiger partial charge in [0.15, 0.2) is 5.82 Å². The van der Waals surface area contributed by atoms with E-state index in [2.05, 4.69) is 5.10 Å². The van der Waals surface area contributed by atoms with Gasteiger partial charge in [0.1, 0.15) is 5.82 Å². The fourth-order valence-corrected chi connectivity index (χ4v) is 2.80. The van der Waals surface area contributed by atoms with Crippen LogP contribution in [0.2, 0.25) is 15.1 Å². The van der Waals surface area contributed by atoms with Gasteiger partial charge in [0, 0.05) is 7.05 Å². The van der Waals surface area contributed by atoms with Gasteiger partial charge < -0.3 is 0 Å². The van der Waals surface area contributed by atoms with E-state index >= 15 is 0 Å². The molecule has 0 saturated heterocycles. The Morgan fingerprint density at radius 3 is 2.39 bits per heavy atom. The third-order valence-corrected chi connectivity index (χ3v) is 4.45. The quantitative estimate of drug-likeness (QED) is 0.671. The van der Waals surface area contributed by atoms with Crippen molar-refractivity contribution in [3.05, 3.63) is 67.8 Å². The maximum absolute atomic E-state index is 14.1. The number of aromatic nitrogens is 3. The summed E-state index contributed by atoms with van der Waals surface area (Å²) in [6.45, 7) is 0. The number of nitrogens with zero attached hydrogens (tertiary/aromatic N) is 3. The van der Waals surface area contributed by atoms with E-state index in [1.807, 2.05) is 0 Å². The zero-order valence-electron chi connectivity index (χ0n) is 11.7. The van der Waals surface area contributed by atoms with Crippen LogP contribution < -0.4 is 5.69 Å². The van der Waals surface area contributed by atoms with E-state index in [4.69, 9.17) is 34.8 Å². The molecule has 2 aromatic carbocycles. The highest BCUT2D eigenvalue weighted by Crippen LogP contribution is 2.30. The van der Waals surface area contributed by atoms with Crippen LogP contribution in [0.25, 0.3) is 17.1 Å². The fourth-order valence-electron chi connectivity index (χ4n) is 2.18. The Morgan fingerprint density at radius 1 is 1.04 bits per heavy atom. The first-order valence-electron chi connectivity index (χ1n) is 6.46. The van der Waals surface area contributed by atoms with Crippen LogP contribution in [0.15, 0.2) is 41.2 Å². The van der Waals surface area contributed by atoms with Crippen molar-refractivity contribution in [3.8, 4) is 17.1 Å². The van der Waals surface area contributed by atoms with Crippen LogP contribution in [0.3, 0.4) is 0 Å². The first-order chi connectivity index (χ1) is 10.9. The van der Waals surface area contributed by atoms with Crippen LogP contribution in [-0.2, 0) is 7.05 Å². The second-order valence-electron chi connectivity index (χ2n) is 4.75. The van der Waals surface area contributed by atoms with E-state index in [1.165, 1.54) is 29.8 Å². The number of rotatable bonds is 2. The van der Waals surface area contributed by atoms with Gasteiger partial charge >= 0.3 is 5.69 Å². The molecule has 0 bridgehead atoms. The van der Waals surface area contributed by atoms with Crippen LogP contribution in [0, 0.1) is 5.82 Å². The molecule has 1 heterocycles. The van der Waals surface area contributed by atoms with Gasteiger partial charge in [-0.05, 0) is 24.3 Å². The predicted octanol–water partition coefficient (Wildman–Crippen LogP) is 4.34. The molecule has 0 spiro atoms. The molecular formula is C15H9Cl3FN3O. The molecule has 0 aliphatic rings. The van der Waals surface area contributed by atoms with Crippen molar-refractivity contribution in [2.45, 2.75) is 0 Å². The predicted molar refractivity (Wildman–Crippen MR) is 89.2 cm³/mol. The highest BCUT2D eigenvalue weighted by molar-refractivity contribution is 6.43. The third-order valence-electron chi connectivity index (χ3n) is 3.33. The minimum atomic E-state index is -0.574. The summed E-state index contributed by atoms with van der Waals surface area (Å²) in [6, 6.07) is 9.07. The van der Waals surface area contributed by atoms with Crippen LogP contribution in [0.1, 0.15) is 0 Å². The minimum absolute atomic E-state index is 0.0469. The Hall–Kier alpha value is -1.82. The molecule has 1 aromatic heterocycles. The number of halogens is 4. The van der Waals surface area contributed by atoms with Crippen LogP contribution in [0.5, 0.6) is 0 Å². The molecule has 3 rings (SSSR count). The largest absolute Gasteiger partial charge is 0.350 e. The van der Waals surface area contributed by atoms with Gasteiger partial charge in [0.25, 0.3) is 0 Å². The standard InChI is InChI=1S/C15H9Cl3FN3O/c1-21-14(12-8(16)4-2-6-10(12)19)20-22(15(21)23)11-7-3-5-9(17)13(11)18/h2-7H,1H3. The van der Waals surface area contributed by atoms with E-state index in [1.54, 1.807) is 18.2 Å². The normalized spacial score (nSPS) is 11.0. The fraction of sp³-hybridized carbons (Fsp3) is 0.0667. The summed E-state index contributed by atoms with van der Waals surface area (Å²) in [5.74, 6) is -0.482. The molecule has 118 valence electrons. The Kier molecular flexibility index (Phi) is 4.19. The monoisotopic (exact) mass is 371 g/mol. The Labute approximate surface area is 145 Å². The van der Waals surface area contributed by atoms with E-state index in [0.29, 0.717) is 5.69 Å². The molecule has 4 nitrogen and oxygen atoms in total. The van der Waals surface area contributed by atoms with Gasteiger partial charge in [0.2, 0.25) is 0 Å². The third kappa shape index (κ3) is 2.65. The molecule has 0 saturated carbocycles. The van der Waals surface area contributed by atoms with E-state index < -0.39 is 11.5 Å². The second kappa shape index (κ2) is 6.00. The van der Waals surface area contributed by atoms with Gasteiger partial charge in [0.05, 0.1) is 26.3 Å². The highest BCUT2D eigenvalue weighted by atomic mass is 35.5.